The molecule has 2 fully saturated rings. The van der Waals surface area contributed by atoms with Crippen LogP contribution in [0.2, 0.25) is 0 Å². The van der Waals surface area contributed by atoms with Gasteiger partial charge in [0.15, 0.2) is 0 Å². The summed E-state index contributed by atoms with van der Waals surface area (Å²) in [6.07, 6.45) is 6.42. The van der Waals surface area contributed by atoms with E-state index in [4.69, 9.17) is 0 Å². The van der Waals surface area contributed by atoms with Crippen molar-refractivity contribution in [3.63, 3.8) is 0 Å². The van der Waals surface area contributed by atoms with Gasteiger partial charge in [-0.1, -0.05) is 18.2 Å². The van der Waals surface area contributed by atoms with E-state index >= 15 is 0 Å². The second kappa shape index (κ2) is 5.69. The van der Waals surface area contributed by atoms with Crippen LogP contribution < -0.4 is 5.32 Å². The monoisotopic (exact) mass is 295 g/mol. The van der Waals surface area contributed by atoms with E-state index in [1.165, 1.54) is 12.8 Å². The fourth-order valence-electron chi connectivity index (χ4n) is 3.37. The molecule has 0 bridgehead atoms. The predicted octanol–water partition coefficient (Wildman–Crippen LogP) is 2.59. The molecule has 1 amide bonds. The summed E-state index contributed by atoms with van der Waals surface area (Å²) < 4.78 is 0. The van der Waals surface area contributed by atoms with Crippen LogP contribution in [-0.4, -0.2) is 41.0 Å². The van der Waals surface area contributed by atoms with Gasteiger partial charge in [-0.05, 0) is 44.4 Å². The van der Waals surface area contributed by atoms with Crippen molar-refractivity contribution >= 4 is 16.8 Å². The molecule has 1 saturated carbocycles. The van der Waals surface area contributed by atoms with E-state index in [0.717, 1.165) is 42.4 Å². The molecule has 4 rings (SSSR count). The second-order valence-electron chi connectivity index (χ2n) is 6.36. The fourth-order valence-corrected chi connectivity index (χ4v) is 3.37. The van der Waals surface area contributed by atoms with Gasteiger partial charge >= 0.3 is 0 Å². The highest BCUT2D eigenvalue weighted by atomic mass is 16.2. The van der Waals surface area contributed by atoms with E-state index in [1.807, 2.05) is 30.3 Å². The van der Waals surface area contributed by atoms with Gasteiger partial charge in [0, 0.05) is 30.2 Å². The average molecular weight is 295 g/mol. The predicted molar refractivity (Wildman–Crippen MR) is 86.8 cm³/mol. The molecule has 4 heteroatoms. The van der Waals surface area contributed by atoms with Crippen LogP contribution in [0.3, 0.4) is 0 Å². The van der Waals surface area contributed by atoms with E-state index in [2.05, 4.69) is 15.2 Å². The lowest BCUT2D eigenvalue weighted by molar-refractivity contribution is 0.0730. The summed E-state index contributed by atoms with van der Waals surface area (Å²) in [5.74, 6) is 0.162. The maximum absolute atomic E-state index is 13.1. The van der Waals surface area contributed by atoms with E-state index < -0.39 is 0 Å². The summed E-state index contributed by atoms with van der Waals surface area (Å²) in [7, 11) is 0. The quantitative estimate of drug-likeness (QED) is 0.943. The molecule has 1 aliphatic carbocycles. The number of hydrogen-bond acceptors (Lipinski definition) is 3. The number of amides is 1. The molecule has 22 heavy (non-hydrogen) atoms. The summed E-state index contributed by atoms with van der Waals surface area (Å²) in [5, 5.41) is 4.47. The smallest absolute Gasteiger partial charge is 0.254 e. The Balaban J connectivity index is 1.65. The second-order valence-corrected chi connectivity index (χ2v) is 6.36. The molecular weight excluding hydrogens is 274 g/mol. The molecule has 1 aliphatic heterocycles. The average Bonchev–Trinajstić information content (AvgIpc) is 3.27. The number of fused-ring (bicyclic) bond motifs is 1. The minimum Gasteiger partial charge on any atom is -0.334 e. The minimum absolute atomic E-state index is 0.162. The van der Waals surface area contributed by atoms with Crippen molar-refractivity contribution in [1.82, 2.24) is 15.2 Å². The molecule has 1 aromatic carbocycles. The summed E-state index contributed by atoms with van der Waals surface area (Å²) in [4.78, 5) is 19.6. The van der Waals surface area contributed by atoms with Crippen LogP contribution in [0.25, 0.3) is 10.9 Å². The van der Waals surface area contributed by atoms with Crippen LogP contribution >= 0.6 is 0 Å². The Bertz CT molecular complexity index is 684. The third-order valence-electron chi connectivity index (χ3n) is 4.71. The molecule has 1 saturated heterocycles. The van der Waals surface area contributed by atoms with Crippen LogP contribution in [0.15, 0.2) is 36.5 Å². The molecule has 2 aliphatic rings. The third-order valence-corrected chi connectivity index (χ3v) is 4.71. The first kappa shape index (κ1) is 13.7. The van der Waals surface area contributed by atoms with E-state index in [9.17, 15) is 4.79 Å². The summed E-state index contributed by atoms with van der Waals surface area (Å²) in [6, 6.07) is 10.6. The van der Waals surface area contributed by atoms with Crippen LogP contribution in [0.4, 0.5) is 0 Å². The Labute approximate surface area is 130 Å². The zero-order valence-electron chi connectivity index (χ0n) is 12.7. The van der Waals surface area contributed by atoms with E-state index in [0.29, 0.717) is 12.1 Å². The first-order valence-electron chi connectivity index (χ1n) is 8.21. The number of aromatic nitrogens is 1. The highest BCUT2D eigenvalue weighted by molar-refractivity contribution is 6.06. The van der Waals surface area contributed by atoms with Crippen molar-refractivity contribution in [3.8, 4) is 0 Å². The summed E-state index contributed by atoms with van der Waals surface area (Å²) in [6.45, 7) is 1.91. The molecule has 2 heterocycles. The molecule has 1 atom stereocenters. The molecule has 4 nitrogen and oxygen atoms in total. The van der Waals surface area contributed by atoms with Crippen molar-refractivity contribution in [2.75, 3.05) is 13.1 Å². The van der Waals surface area contributed by atoms with Crippen molar-refractivity contribution in [3.05, 3.63) is 42.1 Å². The van der Waals surface area contributed by atoms with Gasteiger partial charge in [0.1, 0.15) is 0 Å². The van der Waals surface area contributed by atoms with Gasteiger partial charge < -0.3 is 10.2 Å². The molecule has 114 valence electrons. The highest BCUT2D eigenvalue weighted by Gasteiger charge is 2.35. The van der Waals surface area contributed by atoms with Crippen molar-refractivity contribution in [2.24, 2.45) is 0 Å². The zero-order valence-corrected chi connectivity index (χ0v) is 12.7. The lowest BCUT2D eigenvalue weighted by atomic mass is 10.1. The Kier molecular flexibility index (Phi) is 3.54. The molecule has 1 aromatic heterocycles. The SMILES string of the molecule is O=C(c1ccnc2ccccc12)N(CC1CCCN1)C1CC1. The first-order valence-corrected chi connectivity index (χ1v) is 8.21. The normalized spacial score (nSPS) is 21.2. The number of carbonyl (C=O) groups is 1. The van der Waals surface area contributed by atoms with E-state index in [1.54, 1.807) is 6.20 Å². The number of carbonyl (C=O) groups excluding carboxylic acids is 1. The van der Waals surface area contributed by atoms with Crippen LogP contribution in [0.1, 0.15) is 36.0 Å². The standard InChI is InChI=1S/C18H21N3O/c22-18(16-9-11-20-17-6-2-1-5-15(16)17)21(14-7-8-14)12-13-4-3-10-19-13/h1-2,5-6,9,11,13-14,19H,3-4,7-8,10,12H2. The number of para-hydroxylation sites is 1. The molecule has 2 aromatic rings. The number of hydrogen-bond donors (Lipinski definition) is 1. The lowest BCUT2D eigenvalue weighted by Gasteiger charge is -2.26. The number of benzene rings is 1. The van der Waals surface area contributed by atoms with Crippen molar-refractivity contribution < 1.29 is 4.79 Å². The summed E-state index contributed by atoms with van der Waals surface area (Å²) in [5.41, 5.74) is 1.68. The van der Waals surface area contributed by atoms with Gasteiger partial charge in [0.25, 0.3) is 5.91 Å². The van der Waals surface area contributed by atoms with E-state index in [-0.39, 0.29) is 5.91 Å². The van der Waals surface area contributed by atoms with Gasteiger partial charge in [-0.3, -0.25) is 9.78 Å². The first-order chi connectivity index (χ1) is 10.8. The Morgan fingerprint density at radius 1 is 1.23 bits per heavy atom. The summed E-state index contributed by atoms with van der Waals surface area (Å²) >= 11 is 0. The van der Waals surface area contributed by atoms with Gasteiger partial charge in [0.05, 0.1) is 11.1 Å². The fraction of sp³-hybridized carbons (Fsp3) is 0.444. The molecule has 1 unspecified atom stereocenters. The number of pyridine rings is 1. The van der Waals surface area contributed by atoms with Gasteiger partial charge in [-0.15, -0.1) is 0 Å². The number of nitrogens with zero attached hydrogens (tertiary/aromatic N) is 2. The van der Waals surface area contributed by atoms with Crippen LogP contribution in [-0.2, 0) is 0 Å². The van der Waals surface area contributed by atoms with Gasteiger partial charge in [-0.25, -0.2) is 0 Å². The highest BCUT2D eigenvalue weighted by Crippen LogP contribution is 2.30. The van der Waals surface area contributed by atoms with Crippen molar-refractivity contribution in [1.29, 1.82) is 0 Å². The zero-order chi connectivity index (χ0) is 14.9. The third kappa shape index (κ3) is 2.59. The number of rotatable bonds is 4. The largest absolute Gasteiger partial charge is 0.334 e. The van der Waals surface area contributed by atoms with Crippen LogP contribution in [0, 0.1) is 0 Å². The molecule has 0 spiro atoms. The lowest BCUT2D eigenvalue weighted by Crippen LogP contribution is -2.42. The molecular formula is C18H21N3O. The topological polar surface area (TPSA) is 45.2 Å². The molecule has 0 radical (unpaired) electrons. The Morgan fingerprint density at radius 2 is 2.09 bits per heavy atom. The Morgan fingerprint density at radius 3 is 2.86 bits per heavy atom. The van der Waals surface area contributed by atoms with Gasteiger partial charge in [0.2, 0.25) is 0 Å². The van der Waals surface area contributed by atoms with Gasteiger partial charge in [-0.2, -0.15) is 0 Å². The molecule has 1 N–H and O–H groups in total. The number of nitrogens with one attached hydrogen (secondary N) is 1. The van der Waals surface area contributed by atoms with Crippen molar-refractivity contribution in [2.45, 2.75) is 37.8 Å². The van der Waals surface area contributed by atoms with Crippen LogP contribution in [0.5, 0.6) is 0 Å². The maximum Gasteiger partial charge on any atom is 0.254 e. The Hall–Kier alpha value is -1.94. The maximum atomic E-state index is 13.1. The minimum atomic E-state index is 0.162.